The summed E-state index contributed by atoms with van der Waals surface area (Å²) < 4.78 is 30.2. The van der Waals surface area contributed by atoms with Crippen LogP contribution in [0.5, 0.6) is 0 Å². The number of pyridine rings is 1. The van der Waals surface area contributed by atoms with Crippen molar-refractivity contribution in [2.45, 2.75) is 25.5 Å². The molecule has 122 valence electrons. The lowest BCUT2D eigenvalue weighted by Crippen LogP contribution is -2.43. The van der Waals surface area contributed by atoms with Gasteiger partial charge in [0, 0.05) is 32.1 Å². The Hall–Kier alpha value is -1.51. The second-order valence-corrected chi connectivity index (χ2v) is 7.31. The highest BCUT2D eigenvalue weighted by Crippen LogP contribution is 2.14. The average molecular weight is 327 g/mol. The van der Waals surface area contributed by atoms with E-state index in [-0.39, 0.29) is 25.1 Å². The minimum Gasteiger partial charge on any atom is -0.377 e. The van der Waals surface area contributed by atoms with Gasteiger partial charge in [-0.2, -0.15) is 4.31 Å². The monoisotopic (exact) mass is 327 g/mol. The molecular formula is C14H21N3O4S. The fourth-order valence-electron chi connectivity index (χ4n) is 2.25. The van der Waals surface area contributed by atoms with Crippen molar-refractivity contribution in [1.82, 2.24) is 14.6 Å². The summed E-state index contributed by atoms with van der Waals surface area (Å²) in [6.45, 7) is 1.03. The Morgan fingerprint density at radius 3 is 2.77 bits per heavy atom. The number of rotatable bonds is 7. The zero-order valence-electron chi connectivity index (χ0n) is 12.6. The normalized spacial score (nSPS) is 18.5. The molecule has 0 bridgehead atoms. The number of amides is 1. The Morgan fingerprint density at radius 1 is 1.45 bits per heavy atom. The minimum atomic E-state index is -3.45. The number of hydrogen-bond donors (Lipinski definition) is 1. The Labute approximate surface area is 130 Å². The summed E-state index contributed by atoms with van der Waals surface area (Å²) in [6, 6.07) is 3.59. The number of carbonyl (C=O) groups excluding carboxylic acids is 1. The summed E-state index contributed by atoms with van der Waals surface area (Å²) in [5, 5.41) is 2.71. The molecule has 0 saturated carbocycles. The second kappa shape index (κ2) is 7.66. The van der Waals surface area contributed by atoms with Gasteiger partial charge in [0.2, 0.25) is 15.9 Å². The summed E-state index contributed by atoms with van der Waals surface area (Å²) in [4.78, 5) is 15.9. The van der Waals surface area contributed by atoms with Crippen molar-refractivity contribution in [3.8, 4) is 0 Å². The van der Waals surface area contributed by atoms with E-state index in [0.717, 1.165) is 24.7 Å². The van der Waals surface area contributed by atoms with Crippen molar-refractivity contribution in [2.75, 3.05) is 26.0 Å². The molecule has 7 nitrogen and oxygen atoms in total. The van der Waals surface area contributed by atoms with Crippen molar-refractivity contribution in [3.63, 3.8) is 0 Å². The fourth-order valence-corrected chi connectivity index (χ4v) is 3.04. The molecule has 1 unspecified atom stereocenters. The topological polar surface area (TPSA) is 88.6 Å². The second-order valence-electron chi connectivity index (χ2n) is 5.32. The predicted octanol–water partition coefficient (Wildman–Crippen LogP) is 0.138. The molecule has 1 N–H and O–H groups in total. The first-order chi connectivity index (χ1) is 10.4. The SMILES string of the molecule is CS(=O)(=O)N(CC(=O)NCc1ccncc1)CC1CCCO1. The molecule has 1 atom stereocenters. The molecule has 1 aliphatic heterocycles. The maximum Gasteiger partial charge on any atom is 0.235 e. The first-order valence-corrected chi connectivity index (χ1v) is 9.02. The number of nitrogens with zero attached hydrogens (tertiary/aromatic N) is 2. The Kier molecular flexibility index (Phi) is 5.87. The predicted molar refractivity (Wildman–Crippen MR) is 81.5 cm³/mol. The minimum absolute atomic E-state index is 0.122. The molecule has 1 aliphatic rings. The lowest BCUT2D eigenvalue weighted by atomic mass is 10.2. The van der Waals surface area contributed by atoms with E-state index in [9.17, 15) is 13.2 Å². The van der Waals surface area contributed by atoms with Crippen molar-refractivity contribution in [3.05, 3.63) is 30.1 Å². The number of nitrogens with one attached hydrogen (secondary N) is 1. The molecule has 0 radical (unpaired) electrons. The summed E-state index contributed by atoms with van der Waals surface area (Å²) in [5.74, 6) is -0.333. The van der Waals surface area contributed by atoms with E-state index in [1.807, 2.05) is 0 Å². The Balaban J connectivity index is 1.87. The summed E-state index contributed by atoms with van der Waals surface area (Å²) >= 11 is 0. The number of sulfonamides is 1. The number of ether oxygens (including phenoxy) is 1. The standard InChI is InChI=1S/C14H21N3O4S/c1-22(19,20)17(10-13-3-2-8-21-13)11-14(18)16-9-12-4-6-15-7-5-12/h4-7,13H,2-3,8-11H2,1H3,(H,16,18). The third-order valence-corrected chi connectivity index (χ3v) is 4.68. The highest BCUT2D eigenvalue weighted by atomic mass is 32.2. The summed E-state index contributed by atoms with van der Waals surface area (Å²) in [7, 11) is -3.45. The van der Waals surface area contributed by atoms with Crippen LogP contribution in [0.3, 0.4) is 0 Å². The molecule has 1 aromatic heterocycles. The molecule has 2 rings (SSSR count). The van der Waals surface area contributed by atoms with Gasteiger partial charge in [0.05, 0.1) is 18.9 Å². The van der Waals surface area contributed by atoms with Crippen LogP contribution in [0.4, 0.5) is 0 Å². The maximum atomic E-state index is 12.0. The van der Waals surface area contributed by atoms with Crippen molar-refractivity contribution < 1.29 is 17.9 Å². The molecule has 1 saturated heterocycles. The van der Waals surface area contributed by atoms with Crippen molar-refractivity contribution in [1.29, 1.82) is 0 Å². The van der Waals surface area contributed by atoms with Crippen LogP contribution in [0.25, 0.3) is 0 Å². The molecule has 1 aromatic rings. The van der Waals surface area contributed by atoms with Crippen molar-refractivity contribution in [2.24, 2.45) is 0 Å². The van der Waals surface area contributed by atoms with E-state index in [4.69, 9.17) is 4.74 Å². The van der Waals surface area contributed by atoms with E-state index in [0.29, 0.717) is 13.2 Å². The molecular weight excluding hydrogens is 306 g/mol. The fraction of sp³-hybridized carbons (Fsp3) is 0.571. The lowest BCUT2D eigenvalue weighted by molar-refractivity contribution is -0.121. The van der Waals surface area contributed by atoms with E-state index < -0.39 is 10.0 Å². The molecule has 1 fully saturated rings. The Morgan fingerprint density at radius 2 is 2.18 bits per heavy atom. The van der Waals surface area contributed by atoms with E-state index in [2.05, 4.69) is 10.3 Å². The Bertz CT molecular complexity index is 585. The van der Waals surface area contributed by atoms with Crippen LogP contribution >= 0.6 is 0 Å². The zero-order chi connectivity index (χ0) is 16.0. The molecule has 22 heavy (non-hydrogen) atoms. The van der Waals surface area contributed by atoms with Gasteiger partial charge in [-0.3, -0.25) is 9.78 Å². The van der Waals surface area contributed by atoms with Gasteiger partial charge >= 0.3 is 0 Å². The van der Waals surface area contributed by atoms with Gasteiger partial charge in [0.15, 0.2) is 0 Å². The van der Waals surface area contributed by atoms with Crippen molar-refractivity contribution >= 4 is 15.9 Å². The van der Waals surface area contributed by atoms with Crippen LogP contribution in [0, 0.1) is 0 Å². The van der Waals surface area contributed by atoms with Crippen LogP contribution in [0.2, 0.25) is 0 Å². The molecule has 0 spiro atoms. The molecule has 0 aliphatic carbocycles. The molecule has 8 heteroatoms. The van der Waals surface area contributed by atoms with E-state index >= 15 is 0 Å². The average Bonchev–Trinajstić information content (AvgIpc) is 2.98. The third kappa shape index (κ3) is 5.36. The van der Waals surface area contributed by atoms with Gasteiger partial charge in [-0.05, 0) is 30.5 Å². The van der Waals surface area contributed by atoms with Crippen LogP contribution in [0.15, 0.2) is 24.5 Å². The van der Waals surface area contributed by atoms with Gasteiger partial charge in [0.25, 0.3) is 0 Å². The van der Waals surface area contributed by atoms with Crippen LogP contribution in [0.1, 0.15) is 18.4 Å². The number of hydrogen-bond acceptors (Lipinski definition) is 5. The van der Waals surface area contributed by atoms with Gasteiger partial charge in [-0.25, -0.2) is 8.42 Å². The van der Waals surface area contributed by atoms with Gasteiger partial charge in [-0.15, -0.1) is 0 Å². The van der Waals surface area contributed by atoms with Crippen LogP contribution < -0.4 is 5.32 Å². The third-order valence-electron chi connectivity index (χ3n) is 3.46. The molecule has 0 aromatic carbocycles. The number of aromatic nitrogens is 1. The number of carbonyl (C=O) groups is 1. The van der Waals surface area contributed by atoms with E-state index in [1.165, 1.54) is 4.31 Å². The zero-order valence-corrected chi connectivity index (χ0v) is 13.4. The molecule has 1 amide bonds. The van der Waals surface area contributed by atoms with Crippen LogP contribution in [-0.4, -0.2) is 55.7 Å². The van der Waals surface area contributed by atoms with Gasteiger partial charge in [-0.1, -0.05) is 0 Å². The highest BCUT2D eigenvalue weighted by molar-refractivity contribution is 7.88. The highest BCUT2D eigenvalue weighted by Gasteiger charge is 2.26. The van der Waals surface area contributed by atoms with Gasteiger partial charge in [0.1, 0.15) is 0 Å². The quantitative estimate of drug-likeness (QED) is 0.769. The largest absolute Gasteiger partial charge is 0.377 e. The maximum absolute atomic E-state index is 12.0. The first-order valence-electron chi connectivity index (χ1n) is 7.17. The summed E-state index contributed by atoms with van der Waals surface area (Å²) in [6.07, 6.45) is 6.02. The van der Waals surface area contributed by atoms with Gasteiger partial charge < -0.3 is 10.1 Å². The van der Waals surface area contributed by atoms with E-state index in [1.54, 1.807) is 24.5 Å². The smallest absolute Gasteiger partial charge is 0.235 e. The summed E-state index contributed by atoms with van der Waals surface area (Å²) in [5.41, 5.74) is 0.911. The first kappa shape index (κ1) is 16.9. The lowest BCUT2D eigenvalue weighted by Gasteiger charge is -2.22. The van der Waals surface area contributed by atoms with Crippen LogP contribution in [-0.2, 0) is 26.1 Å². The molecule has 2 heterocycles.